The Labute approximate surface area is 136 Å². The SMILES string of the molecule is C[C@H](OC(=O)Cc1ccccc1F)C(=O)Nc1ccc(F)cc1F. The standard InChI is InChI=1S/C17H14F3NO3/c1-10(17(23)21-15-7-6-12(18)9-14(15)20)24-16(22)8-11-4-2-3-5-13(11)19/h2-7,9-10H,8H2,1H3,(H,21,23)/t10-/m0/s1. The van der Waals surface area contributed by atoms with Crippen LogP contribution in [0.4, 0.5) is 18.9 Å². The molecule has 0 bridgehead atoms. The van der Waals surface area contributed by atoms with Gasteiger partial charge in [0.15, 0.2) is 6.10 Å². The van der Waals surface area contributed by atoms with E-state index in [0.717, 1.165) is 12.1 Å². The summed E-state index contributed by atoms with van der Waals surface area (Å²) in [6.45, 7) is 1.29. The van der Waals surface area contributed by atoms with Crippen LogP contribution in [-0.2, 0) is 20.7 Å². The molecule has 0 heterocycles. The monoisotopic (exact) mass is 337 g/mol. The fourth-order valence-corrected chi connectivity index (χ4v) is 1.91. The minimum Gasteiger partial charge on any atom is -0.452 e. The molecule has 0 aliphatic rings. The Bertz CT molecular complexity index is 764. The maximum absolute atomic E-state index is 13.5. The molecule has 7 heteroatoms. The summed E-state index contributed by atoms with van der Waals surface area (Å²) < 4.78 is 44.6. The van der Waals surface area contributed by atoms with Crippen LogP contribution in [0.3, 0.4) is 0 Å². The highest BCUT2D eigenvalue weighted by atomic mass is 19.1. The predicted octanol–water partition coefficient (Wildman–Crippen LogP) is 3.22. The first kappa shape index (κ1) is 17.5. The van der Waals surface area contributed by atoms with Gasteiger partial charge in [-0.05, 0) is 30.7 Å². The van der Waals surface area contributed by atoms with E-state index in [1.165, 1.54) is 25.1 Å². The van der Waals surface area contributed by atoms with Crippen molar-refractivity contribution in [3.05, 3.63) is 65.5 Å². The van der Waals surface area contributed by atoms with Crippen molar-refractivity contribution < 1.29 is 27.5 Å². The van der Waals surface area contributed by atoms with E-state index in [9.17, 15) is 22.8 Å². The van der Waals surface area contributed by atoms with Crippen LogP contribution >= 0.6 is 0 Å². The van der Waals surface area contributed by atoms with Crippen LogP contribution in [0.15, 0.2) is 42.5 Å². The van der Waals surface area contributed by atoms with E-state index >= 15 is 0 Å². The van der Waals surface area contributed by atoms with Gasteiger partial charge in [0.05, 0.1) is 12.1 Å². The van der Waals surface area contributed by atoms with E-state index in [1.807, 2.05) is 0 Å². The summed E-state index contributed by atoms with van der Waals surface area (Å²) in [4.78, 5) is 23.6. The summed E-state index contributed by atoms with van der Waals surface area (Å²) >= 11 is 0. The zero-order valence-electron chi connectivity index (χ0n) is 12.7. The van der Waals surface area contributed by atoms with Crippen molar-refractivity contribution in [2.24, 2.45) is 0 Å². The number of anilines is 1. The molecule has 0 aromatic heterocycles. The van der Waals surface area contributed by atoms with Crippen molar-refractivity contribution in [1.29, 1.82) is 0 Å². The number of carbonyl (C=O) groups is 2. The molecule has 126 valence electrons. The van der Waals surface area contributed by atoms with Gasteiger partial charge in [0.2, 0.25) is 0 Å². The predicted molar refractivity (Wildman–Crippen MR) is 80.6 cm³/mol. The minimum absolute atomic E-state index is 0.139. The van der Waals surface area contributed by atoms with Crippen LogP contribution in [-0.4, -0.2) is 18.0 Å². The summed E-state index contributed by atoms with van der Waals surface area (Å²) in [6, 6.07) is 8.33. The van der Waals surface area contributed by atoms with Gasteiger partial charge in [0.25, 0.3) is 5.91 Å². The Hall–Kier alpha value is -2.83. The van der Waals surface area contributed by atoms with E-state index in [2.05, 4.69) is 5.32 Å². The molecule has 1 amide bonds. The lowest BCUT2D eigenvalue weighted by atomic mass is 10.1. The van der Waals surface area contributed by atoms with Crippen molar-refractivity contribution in [3.8, 4) is 0 Å². The number of benzene rings is 2. The third-order valence-corrected chi connectivity index (χ3v) is 3.16. The maximum atomic E-state index is 13.5. The van der Waals surface area contributed by atoms with Gasteiger partial charge in [-0.15, -0.1) is 0 Å². The van der Waals surface area contributed by atoms with E-state index in [1.54, 1.807) is 6.07 Å². The second-order valence-electron chi connectivity index (χ2n) is 5.01. The van der Waals surface area contributed by atoms with E-state index in [4.69, 9.17) is 4.74 Å². The molecule has 0 saturated carbocycles. The van der Waals surface area contributed by atoms with Crippen molar-refractivity contribution >= 4 is 17.6 Å². The number of amides is 1. The highest BCUT2D eigenvalue weighted by molar-refractivity contribution is 5.95. The van der Waals surface area contributed by atoms with Gasteiger partial charge in [-0.1, -0.05) is 18.2 Å². The molecule has 0 saturated heterocycles. The Morgan fingerprint density at radius 3 is 2.46 bits per heavy atom. The topological polar surface area (TPSA) is 55.4 Å². The van der Waals surface area contributed by atoms with Gasteiger partial charge in [-0.25, -0.2) is 13.2 Å². The van der Waals surface area contributed by atoms with Gasteiger partial charge in [-0.2, -0.15) is 0 Å². The molecule has 2 aromatic rings. The van der Waals surface area contributed by atoms with Crippen LogP contribution in [0.1, 0.15) is 12.5 Å². The fourth-order valence-electron chi connectivity index (χ4n) is 1.91. The number of ether oxygens (including phenoxy) is 1. The molecule has 1 atom stereocenters. The molecule has 0 radical (unpaired) electrons. The van der Waals surface area contributed by atoms with Gasteiger partial charge < -0.3 is 10.1 Å². The lowest BCUT2D eigenvalue weighted by Gasteiger charge is -2.14. The van der Waals surface area contributed by atoms with Gasteiger partial charge >= 0.3 is 5.97 Å². The molecule has 0 spiro atoms. The molecule has 2 aromatic carbocycles. The fraction of sp³-hybridized carbons (Fsp3) is 0.176. The maximum Gasteiger partial charge on any atom is 0.311 e. The van der Waals surface area contributed by atoms with Gasteiger partial charge in [0, 0.05) is 6.07 Å². The summed E-state index contributed by atoms with van der Waals surface area (Å²) in [5.74, 6) is -3.88. The van der Waals surface area contributed by atoms with Crippen molar-refractivity contribution in [1.82, 2.24) is 0 Å². The number of nitrogens with one attached hydrogen (secondary N) is 1. The zero-order valence-corrected chi connectivity index (χ0v) is 12.7. The Morgan fingerprint density at radius 2 is 1.79 bits per heavy atom. The summed E-state index contributed by atoms with van der Waals surface area (Å²) in [7, 11) is 0. The molecular formula is C17H14F3NO3. The van der Waals surface area contributed by atoms with Crippen molar-refractivity contribution in [2.75, 3.05) is 5.32 Å². The third kappa shape index (κ3) is 4.58. The molecule has 4 nitrogen and oxygen atoms in total. The average molecular weight is 337 g/mol. The zero-order chi connectivity index (χ0) is 17.7. The lowest BCUT2D eigenvalue weighted by molar-refractivity contribution is -0.152. The highest BCUT2D eigenvalue weighted by Gasteiger charge is 2.20. The number of esters is 1. The van der Waals surface area contributed by atoms with E-state index in [-0.39, 0.29) is 17.7 Å². The molecule has 0 fully saturated rings. The first-order valence-electron chi connectivity index (χ1n) is 7.05. The first-order chi connectivity index (χ1) is 11.4. The lowest BCUT2D eigenvalue weighted by Crippen LogP contribution is -2.30. The Morgan fingerprint density at radius 1 is 1.08 bits per heavy atom. The number of carbonyl (C=O) groups excluding carboxylic acids is 2. The van der Waals surface area contributed by atoms with Crippen molar-refractivity contribution in [2.45, 2.75) is 19.4 Å². The van der Waals surface area contributed by atoms with Gasteiger partial charge in [-0.3, -0.25) is 9.59 Å². The van der Waals surface area contributed by atoms with Crippen LogP contribution in [0.25, 0.3) is 0 Å². The van der Waals surface area contributed by atoms with Crippen LogP contribution in [0.2, 0.25) is 0 Å². The number of halogens is 3. The Balaban J connectivity index is 1.93. The van der Waals surface area contributed by atoms with Crippen LogP contribution < -0.4 is 5.32 Å². The Kier molecular flexibility index (Phi) is 5.57. The summed E-state index contributed by atoms with van der Waals surface area (Å²) in [5.41, 5.74) is -0.0990. The molecule has 1 N–H and O–H groups in total. The van der Waals surface area contributed by atoms with E-state index < -0.39 is 35.4 Å². The third-order valence-electron chi connectivity index (χ3n) is 3.16. The smallest absolute Gasteiger partial charge is 0.311 e. The highest BCUT2D eigenvalue weighted by Crippen LogP contribution is 2.15. The molecule has 2 rings (SSSR count). The minimum atomic E-state index is -1.23. The summed E-state index contributed by atoms with van der Waals surface area (Å²) in [5, 5.41) is 2.19. The van der Waals surface area contributed by atoms with Crippen LogP contribution in [0.5, 0.6) is 0 Å². The van der Waals surface area contributed by atoms with E-state index in [0.29, 0.717) is 6.07 Å². The quantitative estimate of drug-likeness (QED) is 0.853. The number of hydrogen-bond acceptors (Lipinski definition) is 3. The molecule has 24 heavy (non-hydrogen) atoms. The normalized spacial score (nSPS) is 11.7. The second-order valence-corrected chi connectivity index (χ2v) is 5.01. The first-order valence-corrected chi connectivity index (χ1v) is 7.05. The average Bonchev–Trinajstić information content (AvgIpc) is 2.52. The number of hydrogen-bond donors (Lipinski definition) is 1. The molecule has 0 aliphatic carbocycles. The molecule has 0 unspecified atom stereocenters. The molecular weight excluding hydrogens is 323 g/mol. The number of rotatable bonds is 5. The van der Waals surface area contributed by atoms with Crippen molar-refractivity contribution in [3.63, 3.8) is 0 Å². The van der Waals surface area contributed by atoms with Crippen LogP contribution in [0, 0.1) is 17.5 Å². The second kappa shape index (κ2) is 7.63. The van der Waals surface area contributed by atoms with Gasteiger partial charge in [0.1, 0.15) is 17.5 Å². The largest absolute Gasteiger partial charge is 0.452 e. The summed E-state index contributed by atoms with van der Waals surface area (Å²) in [6.07, 6.45) is -1.57. The molecule has 0 aliphatic heterocycles.